The first-order chi connectivity index (χ1) is 19.6. The van der Waals surface area contributed by atoms with E-state index in [1.807, 2.05) is 42.2 Å². The number of nitrogens with one attached hydrogen (secondary N) is 2. The summed E-state index contributed by atoms with van der Waals surface area (Å²) < 4.78 is 2.15. The van der Waals surface area contributed by atoms with Crippen LogP contribution in [0.4, 0.5) is 29.0 Å². The third-order valence-corrected chi connectivity index (χ3v) is 7.87. The maximum atomic E-state index is 12.6. The summed E-state index contributed by atoms with van der Waals surface area (Å²) in [6.45, 7) is 7.58. The van der Waals surface area contributed by atoms with E-state index < -0.39 is 0 Å². The zero-order valence-corrected chi connectivity index (χ0v) is 23.3. The predicted molar refractivity (Wildman–Crippen MR) is 160 cm³/mol. The van der Waals surface area contributed by atoms with Crippen molar-refractivity contribution in [1.29, 1.82) is 0 Å². The van der Waals surface area contributed by atoms with Crippen LogP contribution in [0, 0.1) is 0 Å². The first-order valence-electron chi connectivity index (χ1n) is 14.2. The number of carbonyl (C=O) groups excluding carboxylic acids is 1. The van der Waals surface area contributed by atoms with Crippen molar-refractivity contribution in [1.82, 2.24) is 29.3 Å². The average Bonchev–Trinajstić information content (AvgIpc) is 3.35. The molecule has 4 heterocycles. The molecule has 6 rings (SSSR count). The Kier molecular flexibility index (Phi) is 7.50. The minimum atomic E-state index is 0.0612. The van der Waals surface area contributed by atoms with E-state index in [-0.39, 0.29) is 11.9 Å². The number of anilines is 5. The summed E-state index contributed by atoms with van der Waals surface area (Å²) in [5, 5.41) is 6.86. The average molecular weight is 540 g/mol. The van der Waals surface area contributed by atoms with Crippen LogP contribution >= 0.6 is 0 Å². The first-order valence-corrected chi connectivity index (χ1v) is 14.2. The summed E-state index contributed by atoms with van der Waals surface area (Å²) in [6.07, 6.45) is 4.17. The van der Waals surface area contributed by atoms with Crippen LogP contribution in [0.15, 0.2) is 60.8 Å². The third kappa shape index (κ3) is 5.58. The molecule has 2 aromatic carbocycles. The molecule has 4 aromatic rings. The van der Waals surface area contributed by atoms with Gasteiger partial charge in [0.25, 0.3) is 0 Å². The second kappa shape index (κ2) is 11.5. The Balaban J connectivity index is 1.29. The molecule has 10 nitrogen and oxygen atoms in total. The van der Waals surface area contributed by atoms with Gasteiger partial charge in [-0.2, -0.15) is 4.98 Å². The molecule has 1 atom stereocenters. The number of imidazole rings is 1. The number of likely N-dealkylation sites (N-methyl/N-ethyl adjacent to an activating group) is 1. The van der Waals surface area contributed by atoms with Crippen LogP contribution in [0.25, 0.3) is 11.2 Å². The van der Waals surface area contributed by atoms with E-state index in [1.54, 1.807) is 6.20 Å². The molecule has 10 heteroatoms. The lowest BCUT2D eigenvalue weighted by Crippen LogP contribution is -2.44. The number of rotatable bonds is 7. The number of likely N-dealkylation sites (tertiary alicyclic amines) is 1. The van der Waals surface area contributed by atoms with Gasteiger partial charge < -0.3 is 25.3 Å². The van der Waals surface area contributed by atoms with Gasteiger partial charge in [0.1, 0.15) is 5.52 Å². The molecule has 0 aliphatic carbocycles. The summed E-state index contributed by atoms with van der Waals surface area (Å²) in [4.78, 5) is 33.7. The molecule has 40 heavy (non-hydrogen) atoms. The smallest absolute Gasteiger partial charge is 0.229 e. The lowest BCUT2D eigenvalue weighted by molar-refractivity contribution is -0.132. The fraction of sp³-hybridized carbons (Fsp3) is 0.400. The van der Waals surface area contributed by atoms with Crippen molar-refractivity contribution < 1.29 is 4.79 Å². The highest BCUT2D eigenvalue weighted by atomic mass is 16.2. The summed E-state index contributed by atoms with van der Waals surface area (Å²) in [5.41, 5.74) is 4.58. The van der Waals surface area contributed by atoms with Crippen molar-refractivity contribution >= 4 is 46.0 Å². The van der Waals surface area contributed by atoms with Gasteiger partial charge in [0.2, 0.25) is 17.8 Å². The summed E-state index contributed by atoms with van der Waals surface area (Å²) in [6, 6.07) is 18.5. The van der Waals surface area contributed by atoms with Crippen molar-refractivity contribution in [3.8, 4) is 0 Å². The van der Waals surface area contributed by atoms with Crippen LogP contribution in [0.5, 0.6) is 0 Å². The topological polar surface area (TPSA) is 94.4 Å². The van der Waals surface area contributed by atoms with Gasteiger partial charge in [0.15, 0.2) is 5.65 Å². The molecule has 0 unspecified atom stereocenters. The summed E-state index contributed by atoms with van der Waals surface area (Å²) in [7, 11) is 2.17. The second-order valence-electron chi connectivity index (χ2n) is 10.7. The lowest BCUT2D eigenvalue weighted by Gasteiger charge is -2.34. The number of nitrogens with zero attached hydrogens (tertiary/aromatic N) is 7. The predicted octanol–water partition coefficient (Wildman–Crippen LogP) is 4.64. The Morgan fingerprint density at radius 3 is 2.42 bits per heavy atom. The number of carbonyl (C=O) groups is 1. The molecule has 0 spiro atoms. The Hall–Kier alpha value is -4.18. The van der Waals surface area contributed by atoms with Crippen LogP contribution in [0.3, 0.4) is 0 Å². The molecule has 1 amide bonds. The fourth-order valence-corrected chi connectivity index (χ4v) is 5.60. The highest BCUT2D eigenvalue weighted by Crippen LogP contribution is 2.32. The van der Waals surface area contributed by atoms with Crippen molar-refractivity contribution in [3.05, 3.63) is 60.8 Å². The van der Waals surface area contributed by atoms with Gasteiger partial charge in [-0.25, -0.2) is 9.97 Å². The largest absolute Gasteiger partial charge is 0.369 e. The van der Waals surface area contributed by atoms with Crippen molar-refractivity contribution in [2.75, 3.05) is 61.8 Å². The van der Waals surface area contributed by atoms with E-state index in [0.717, 1.165) is 62.6 Å². The van der Waals surface area contributed by atoms with Crippen molar-refractivity contribution in [2.45, 2.75) is 32.2 Å². The number of hydrogen-bond acceptors (Lipinski definition) is 8. The Morgan fingerprint density at radius 1 is 0.925 bits per heavy atom. The number of para-hydroxylation sites is 1. The molecule has 0 radical (unpaired) electrons. The Morgan fingerprint density at radius 2 is 1.68 bits per heavy atom. The van der Waals surface area contributed by atoms with Crippen LogP contribution < -0.4 is 15.5 Å². The van der Waals surface area contributed by atoms with Gasteiger partial charge in [-0.1, -0.05) is 25.1 Å². The molecule has 2 saturated heterocycles. The van der Waals surface area contributed by atoms with Crippen LogP contribution in [0.1, 0.15) is 32.2 Å². The Bertz CT molecular complexity index is 1450. The maximum absolute atomic E-state index is 12.6. The number of benzene rings is 2. The number of amides is 1. The van der Waals surface area contributed by atoms with Crippen molar-refractivity contribution in [3.63, 3.8) is 0 Å². The number of hydrogen-bond donors (Lipinski definition) is 2. The normalized spacial score (nSPS) is 18.2. The number of aromatic nitrogens is 4. The molecular weight excluding hydrogens is 502 g/mol. The molecule has 2 aliphatic heterocycles. The first kappa shape index (κ1) is 26.1. The molecule has 208 valence electrons. The van der Waals surface area contributed by atoms with Crippen LogP contribution in [-0.4, -0.2) is 81.5 Å². The van der Waals surface area contributed by atoms with E-state index in [2.05, 4.69) is 61.3 Å². The number of piperidine rings is 1. The number of piperazine rings is 1. The third-order valence-electron chi connectivity index (χ3n) is 7.87. The van der Waals surface area contributed by atoms with Crippen LogP contribution in [-0.2, 0) is 4.79 Å². The molecule has 0 saturated carbocycles. The van der Waals surface area contributed by atoms with E-state index in [9.17, 15) is 4.79 Å². The molecule has 2 N–H and O–H groups in total. The minimum Gasteiger partial charge on any atom is -0.369 e. The highest BCUT2D eigenvalue weighted by molar-refractivity contribution is 5.78. The van der Waals surface area contributed by atoms with Crippen LogP contribution in [0.2, 0.25) is 0 Å². The second-order valence-corrected chi connectivity index (χ2v) is 10.7. The zero-order chi connectivity index (χ0) is 27.5. The van der Waals surface area contributed by atoms with Gasteiger partial charge in [-0.15, -0.1) is 0 Å². The maximum Gasteiger partial charge on any atom is 0.229 e. The van der Waals surface area contributed by atoms with E-state index >= 15 is 0 Å². The standard InChI is InChI=1S/C30H37N9O/c1-3-27(40)38-15-7-10-25(21-38)39-28-26(34-30(39)33-22-8-5-4-6-9-22)20-31-29(35-28)32-23-11-13-24(14-12-23)37-18-16-36(2)17-19-37/h4-6,8-9,11-14,20,25H,3,7,10,15-19,21H2,1-2H3,(H,33,34)(H,31,32,35)/t25-/m0/s1. The van der Waals surface area contributed by atoms with Gasteiger partial charge in [0, 0.05) is 62.8 Å². The molecular formula is C30H37N9O. The van der Waals surface area contributed by atoms with Gasteiger partial charge in [-0.05, 0) is 56.3 Å². The minimum absolute atomic E-state index is 0.0612. The monoisotopic (exact) mass is 539 g/mol. The quantitative estimate of drug-likeness (QED) is 0.351. The highest BCUT2D eigenvalue weighted by Gasteiger charge is 2.28. The molecule has 2 aliphatic rings. The van der Waals surface area contributed by atoms with E-state index in [4.69, 9.17) is 9.97 Å². The van der Waals surface area contributed by atoms with Crippen molar-refractivity contribution in [2.24, 2.45) is 0 Å². The van der Waals surface area contributed by atoms with Gasteiger partial charge in [-0.3, -0.25) is 9.36 Å². The lowest BCUT2D eigenvalue weighted by atomic mass is 10.1. The summed E-state index contributed by atoms with van der Waals surface area (Å²) in [5.74, 6) is 1.41. The van der Waals surface area contributed by atoms with Gasteiger partial charge in [0.05, 0.1) is 12.2 Å². The van der Waals surface area contributed by atoms with E-state index in [0.29, 0.717) is 30.4 Å². The molecule has 0 bridgehead atoms. The SMILES string of the molecule is CCC(=O)N1CCC[C@H](n2c(Nc3ccccc3)nc3cnc(Nc4ccc(N5CCN(C)CC5)cc4)nc32)C1. The molecule has 2 aromatic heterocycles. The summed E-state index contributed by atoms with van der Waals surface area (Å²) >= 11 is 0. The van der Waals surface area contributed by atoms with Gasteiger partial charge >= 0.3 is 0 Å². The zero-order valence-electron chi connectivity index (χ0n) is 23.3. The molecule has 2 fully saturated rings. The fourth-order valence-electron chi connectivity index (χ4n) is 5.60. The number of fused-ring (bicyclic) bond motifs is 1. The Labute approximate surface area is 235 Å². The van der Waals surface area contributed by atoms with E-state index in [1.165, 1.54) is 5.69 Å².